The second-order valence-electron chi connectivity index (χ2n) is 6.41. The number of hydrogen-bond donors (Lipinski definition) is 1. The summed E-state index contributed by atoms with van der Waals surface area (Å²) in [6.07, 6.45) is 4.00. The molecule has 0 amide bonds. The summed E-state index contributed by atoms with van der Waals surface area (Å²) < 4.78 is 11.7. The number of methoxy groups -OCH3 is 1. The van der Waals surface area contributed by atoms with Crippen LogP contribution in [0.5, 0.6) is 11.5 Å². The number of hydrogen-bond acceptors (Lipinski definition) is 3. The maximum atomic E-state index is 6.33. The molecule has 0 heterocycles. The van der Waals surface area contributed by atoms with E-state index in [0.717, 1.165) is 49.3 Å². The highest BCUT2D eigenvalue weighted by molar-refractivity contribution is 5.40. The third-order valence-electron chi connectivity index (χ3n) is 4.26. The highest BCUT2D eigenvalue weighted by atomic mass is 16.5. The van der Waals surface area contributed by atoms with Gasteiger partial charge >= 0.3 is 0 Å². The zero-order valence-electron chi connectivity index (χ0n) is 13.8. The first-order valence-corrected chi connectivity index (χ1v) is 8.16. The lowest BCUT2D eigenvalue weighted by molar-refractivity contribution is 0.0999. The number of ether oxygens (including phenoxy) is 2. The molecule has 2 unspecified atom stereocenters. The molecule has 1 saturated carbocycles. The van der Waals surface area contributed by atoms with Crippen LogP contribution in [0.4, 0.5) is 0 Å². The molecule has 0 aliphatic heterocycles. The lowest BCUT2D eigenvalue weighted by Gasteiger charge is -2.32. The van der Waals surface area contributed by atoms with Crippen molar-refractivity contribution in [2.45, 2.75) is 52.7 Å². The SMILES string of the molecule is CCNCc1cc(OC)ccc1OC1CC(C)CC(C)C1. The Morgan fingerprint density at radius 3 is 2.48 bits per heavy atom. The summed E-state index contributed by atoms with van der Waals surface area (Å²) in [5, 5.41) is 3.38. The molecule has 1 aliphatic carbocycles. The van der Waals surface area contributed by atoms with Crippen molar-refractivity contribution in [2.24, 2.45) is 11.8 Å². The van der Waals surface area contributed by atoms with Gasteiger partial charge in [-0.15, -0.1) is 0 Å². The Labute approximate surface area is 129 Å². The fraction of sp³-hybridized carbons (Fsp3) is 0.667. The van der Waals surface area contributed by atoms with E-state index < -0.39 is 0 Å². The monoisotopic (exact) mass is 291 g/mol. The fourth-order valence-electron chi connectivity index (χ4n) is 3.34. The Balaban J connectivity index is 2.10. The van der Waals surface area contributed by atoms with E-state index in [9.17, 15) is 0 Å². The van der Waals surface area contributed by atoms with Gasteiger partial charge in [-0.05, 0) is 55.8 Å². The topological polar surface area (TPSA) is 30.5 Å². The number of rotatable bonds is 6. The van der Waals surface area contributed by atoms with Crippen LogP contribution in [0.25, 0.3) is 0 Å². The highest BCUT2D eigenvalue weighted by Gasteiger charge is 2.25. The van der Waals surface area contributed by atoms with Gasteiger partial charge in [0.25, 0.3) is 0 Å². The van der Waals surface area contributed by atoms with E-state index in [-0.39, 0.29) is 0 Å². The van der Waals surface area contributed by atoms with Crippen LogP contribution >= 0.6 is 0 Å². The van der Waals surface area contributed by atoms with Gasteiger partial charge in [-0.3, -0.25) is 0 Å². The van der Waals surface area contributed by atoms with Crippen molar-refractivity contribution in [2.75, 3.05) is 13.7 Å². The molecule has 0 saturated heterocycles. The first kappa shape index (κ1) is 16.2. The zero-order chi connectivity index (χ0) is 15.2. The maximum Gasteiger partial charge on any atom is 0.124 e. The van der Waals surface area contributed by atoms with Crippen LogP contribution in [0.1, 0.15) is 45.6 Å². The molecule has 1 fully saturated rings. The number of nitrogens with one attached hydrogen (secondary N) is 1. The maximum absolute atomic E-state index is 6.33. The third kappa shape index (κ3) is 4.63. The summed E-state index contributed by atoms with van der Waals surface area (Å²) in [6.45, 7) is 8.55. The summed E-state index contributed by atoms with van der Waals surface area (Å²) in [5.74, 6) is 3.41. The fourth-order valence-corrected chi connectivity index (χ4v) is 3.34. The Kier molecular flexibility index (Phi) is 5.92. The second-order valence-corrected chi connectivity index (χ2v) is 6.41. The van der Waals surface area contributed by atoms with Crippen molar-refractivity contribution < 1.29 is 9.47 Å². The molecule has 2 rings (SSSR count). The Hall–Kier alpha value is -1.22. The van der Waals surface area contributed by atoms with Crippen LogP contribution in [0.3, 0.4) is 0 Å². The molecular weight excluding hydrogens is 262 g/mol. The zero-order valence-corrected chi connectivity index (χ0v) is 13.8. The molecule has 1 aromatic carbocycles. The molecule has 0 aromatic heterocycles. The van der Waals surface area contributed by atoms with Gasteiger partial charge in [0.1, 0.15) is 11.5 Å². The van der Waals surface area contributed by atoms with E-state index >= 15 is 0 Å². The molecule has 21 heavy (non-hydrogen) atoms. The van der Waals surface area contributed by atoms with Crippen LogP contribution in [0, 0.1) is 11.8 Å². The third-order valence-corrected chi connectivity index (χ3v) is 4.26. The largest absolute Gasteiger partial charge is 0.497 e. The van der Waals surface area contributed by atoms with Gasteiger partial charge in [-0.1, -0.05) is 20.8 Å². The molecule has 2 atom stereocenters. The van der Waals surface area contributed by atoms with Crippen molar-refractivity contribution in [1.29, 1.82) is 0 Å². The van der Waals surface area contributed by atoms with Crippen molar-refractivity contribution in [3.63, 3.8) is 0 Å². The molecule has 3 heteroatoms. The highest BCUT2D eigenvalue weighted by Crippen LogP contribution is 2.33. The second kappa shape index (κ2) is 7.69. The first-order chi connectivity index (χ1) is 10.1. The summed E-state index contributed by atoms with van der Waals surface area (Å²) in [6, 6.07) is 6.11. The molecule has 3 nitrogen and oxygen atoms in total. The molecule has 0 radical (unpaired) electrons. The lowest BCUT2D eigenvalue weighted by Crippen LogP contribution is -2.29. The standard InChI is InChI=1S/C18H29NO2/c1-5-19-12-15-11-16(20-4)6-7-18(15)21-17-9-13(2)8-14(3)10-17/h6-7,11,13-14,17,19H,5,8-10,12H2,1-4H3. The molecule has 1 aromatic rings. The van der Waals surface area contributed by atoms with E-state index in [0.29, 0.717) is 6.10 Å². The molecule has 1 aliphatic rings. The lowest BCUT2D eigenvalue weighted by atomic mass is 9.82. The number of benzene rings is 1. The van der Waals surface area contributed by atoms with E-state index in [1.165, 1.54) is 12.0 Å². The van der Waals surface area contributed by atoms with Crippen molar-refractivity contribution >= 4 is 0 Å². The Morgan fingerprint density at radius 2 is 1.86 bits per heavy atom. The summed E-state index contributed by atoms with van der Waals surface area (Å²) in [4.78, 5) is 0. The van der Waals surface area contributed by atoms with Crippen molar-refractivity contribution in [1.82, 2.24) is 5.32 Å². The van der Waals surface area contributed by atoms with E-state index in [4.69, 9.17) is 9.47 Å². The summed E-state index contributed by atoms with van der Waals surface area (Å²) in [5.41, 5.74) is 1.18. The van der Waals surface area contributed by atoms with Crippen LogP contribution in [0.2, 0.25) is 0 Å². The quantitative estimate of drug-likeness (QED) is 0.859. The predicted molar refractivity (Wildman–Crippen MR) is 87.0 cm³/mol. The van der Waals surface area contributed by atoms with E-state index in [1.54, 1.807) is 7.11 Å². The Morgan fingerprint density at radius 1 is 1.14 bits per heavy atom. The molecular formula is C18H29NO2. The summed E-state index contributed by atoms with van der Waals surface area (Å²) in [7, 11) is 1.71. The normalized spacial score (nSPS) is 25.6. The van der Waals surface area contributed by atoms with Crippen molar-refractivity contribution in [3.8, 4) is 11.5 Å². The minimum Gasteiger partial charge on any atom is -0.497 e. The molecule has 1 N–H and O–H groups in total. The van der Waals surface area contributed by atoms with Gasteiger partial charge in [-0.2, -0.15) is 0 Å². The molecule has 0 spiro atoms. The molecule has 0 bridgehead atoms. The van der Waals surface area contributed by atoms with Gasteiger partial charge in [0.05, 0.1) is 13.2 Å². The van der Waals surface area contributed by atoms with Gasteiger partial charge < -0.3 is 14.8 Å². The average Bonchev–Trinajstić information content (AvgIpc) is 2.45. The Bertz CT molecular complexity index is 437. The van der Waals surface area contributed by atoms with Gasteiger partial charge in [-0.25, -0.2) is 0 Å². The van der Waals surface area contributed by atoms with Gasteiger partial charge in [0.15, 0.2) is 0 Å². The smallest absolute Gasteiger partial charge is 0.124 e. The van der Waals surface area contributed by atoms with Crippen LogP contribution in [-0.4, -0.2) is 19.8 Å². The average molecular weight is 291 g/mol. The van der Waals surface area contributed by atoms with Crippen LogP contribution in [-0.2, 0) is 6.54 Å². The van der Waals surface area contributed by atoms with E-state index in [1.807, 2.05) is 6.07 Å². The van der Waals surface area contributed by atoms with E-state index in [2.05, 4.69) is 38.2 Å². The molecule has 118 valence electrons. The van der Waals surface area contributed by atoms with Crippen molar-refractivity contribution in [3.05, 3.63) is 23.8 Å². The van der Waals surface area contributed by atoms with Crippen LogP contribution in [0.15, 0.2) is 18.2 Å². The summed E-state index contributed by atoms with van der Waals surface area (Å²) >= 11 is 0. The van der Waals surface area contributed by atoms with Gasteiger partial charge in [0, 0.05) is 12.1 Å². The predicted octanol–water partition coefficient (Wildman–Crippen LogP) is 4.01. The minimum absolute atomic E-state index is 0.345. The minimum atomic E-state index is 0.345. The van der Waals surface area contributed by atoms with Crippen LogP contribution < -0.4 is 14.8 Å². The van der Waals surface area contributed by atoms with Gasteiger partial charge in [0.2, 0.25) is 0 Å². The first-order valence-electron chi connectivity index (χ1n) is 8.16.